The van der Waals surface area contributed by atoms with E-state index in [2.05, 4.69) is 74.6 Å². The molecule has 0 aromatic heterocycles. The number of esters is 2. The molecule has 0 aromatic carbocycles. The van der Waals surface area contributed by atoms with Crippen molar-refractivity contribution in [1.29, 1.82) is 0 Å². The van der Waals surface area contributed by atoms with Crippen LogP contribution in [0.25, 0.3) is 0 Å². The average molecular weight is 1230 g/mol. The van der Waals surface area contributed by atoms with Crippen LogP contribution in [0.15, 0.2) is 60.8 Å². The van der Waals surface area contributed by atoms with Crippen LogP contribution in [0.4, 0.5) is 0 Å². The molecule has 0 rings (SSSR count). The molecule has 1 N–H and O–H groups in total. The van der Waals surface area contributed by atoms with Gasteiger partial charge in [-0.3, -0.25) is 9.59 Å². The third kappa shape index (κ3) is 76.1. The van der Waals surface area contributed by atoms with Gasteiger partial charge in [0.25, 0.3) is 0 Å². The molecule has 0 saturated heterocycles. The topological polar surface area (TPSA) is 72.8 Å². The molecule has 1 unspecified atom stereocenters. The maximum absolute atomic E-state index is 12.4. The Bertz CT molecular complexity index is 1490. The summed E-state index contributed by atoms with van der Waals surface area (Å²) in [5.41, 5.74) is 0. The molecule has 0 aliphatic heterocycles. The molecule has 5 heteroatoms. The number of aliphatic hydroxyl groups is 1. The maximum atomic E-state index is 12.4. The highest BCUT2D eigenvalue weighted by molar-refractivity contribution is 5.70. The fourth-order valence-electron chi connectivity index (χ4n) is 12.4. The first-order valence-electron chi connectivity index (χ1n) is 39.8. The second kappa shape index (κ2) is 78.8. The van der Waals surface area contributed by atoms with Crippen LogP contribution in [0, 0.1) is 0 Å². The van der Waals surface area contributed by atoms with Gasteiger partial charge in [0.1, 0.15) is 6.61 Å². The molecule has 516 valence electrons. The Morgan fingerprint density at radius 3 is 0.750 bits per heavy atom. The van der Waals surface area contributed by atoms with Crippen molar-refractivity contribution in [3.8, 4) is 0 Å². The number of hydrogen-bond acceptors (Lipinski definition) is 5. The average Bonchev–Trinajstić information content (AvgIpc) is 3.54. The first-order valence-corrected chi connectivity index (χ1v) is 39.8. The number of carbonyl (C=O) groups excluding carboxylic acids is 2. The van der Waals surface area contributed by atoms with Crippen molar-refractivity contribution in [2.75, 3.05) is 13.2 Å². The molecule has 0 fully saturated rings. The molecule has 0 aliphatic rings. The molecule has 0 radical (unpaired) electrons. The third-order valence-corrected chi connectivity index (χ3v) is 18.3. The third-order valence-electron chi connectivity index (χ3n) is 18.3. The summed E-state index contributed by atoms with van der Waals surface area (Å²) >= 11 is 0. The molecule has 0 bridgehead atoms. The minimum atomic E-state index is -0.771. The van der Waals surface area contributed by atoms with Crippen molar-refractivity contribution in [2.45, 2.75) is 444 Å². The molecular weight excluding hydrogens is 1080 g/mol. The molecule has 5 nitrogen and oxygen atoms in total. The highest BCUT2D eigenvalue weighted by atomic mass is 16.6. The van der Waals surface area contributed by atoms with Crippen LogP contribution in [-0.4, -0.2) is 36.4 Å². The fraction of sp³-hybridized carbons (Fsp3) is 0.855. The van der Waals surface area contributed by atoms with E-state index in [-0.39, 0.29) is 25.2 Å². The van der Waals surface area contributed by atoms with Crippen molar-refractivity contribution in [3.05, 3.63) is 60.8 Å². The van der Waals surface area contributed by atoms with Crippen LogP contribution < -0.4 is 0 Å². The van der Waals surface area contributed by atoms with E-state index in [9.17, 15) is 14.7 Å². The predicted octanol–water partition coefficient (Wildman–Crippen LogP) is 28.0. The van der Waals surface area contributed by atoms with Gasteiger partial charge in [0.15, 0.2) is 6.10 Å². The monoisotopic (exact) mass is 1230 g/mol. The molecule has 0 saturated carbocycles. The Balaban J connectivity index is 3.36. The SMILES string of the molecule is CC/C=C\C/C=C\C/C=C\C/C=C\CCCCCCCCCCCCCCCCCCCCCCCCCCCCC(=O)OC(CO)COC(=O)CCCCCCCCCCCCCCCCCCCCCCCCC/C=C\CCCCCCCCCC. The van der Waals surface area contributed by atoms with Gasteiger partial charge in [-0.1, -0.05) is 408 Å². The van der Waals surface area contributed by atoms with E-state index in [4.69, 9.17) is 9.47 Å². The van der Waals surface area contributed by atoms with Gasteiger partial charge < -0.3 is 14.6 Å². The summed E-state index contributed by atoms with van der Waals surface area (Å²) in [6.07, 6.45) is 109. The van der Waals surface area contributed by atoms with Crippen molar-refractivity contribution in [2.24, 2.45) is 0 Å². The van der Waals surface area contributed by atoms with E-state index in [0.717, 1.165) is 57.8 Å². The van der Waals surface area contributed by atoms with Gasteiger partial charge in [-0.15, -0.1) is 0 Å². The van der Waals surface area contributed by atoms with Crippen LogP contribution in [0.5, 0.6) is 0 Å². The van der Waals surface area contributed by atoms with Gasteiger partial charge in [-0.05, 0) is 77.0 Å². The summed E-state index contributed by atoms with van der Waals surface area (Å²) in [6, 6.07) is 0. The zero-order chi connectivity index (χ0) is 63.3. The van der Waals surface area contributed by atoms with Crippen LogP contribution in [0.2, 0.25) is 0 Å². The zero-order valence-electron chi connectivity index (χ0n) is 59.5. The summed E-state index contributed by atoms with van der Waals surface area (Å²) in [6.45, 7) is 4.09. The number of hydrogen-bond donors (Lipinski definition) is 1. The van der Waals surface area contributed by atoms with Crippen LogP contribution >= 0.6 is 0 Å². The van der Waals surface area contributed by atoms with E-state index >= 15 is 0 Å². The lowest BCUT2D eigenvalue weighted by Crippen LogP contribution is -2.28. The quantitative estimate of drug-likeness (QED) is 0.0373. The van der Waals surface area contributed by atoms with Gasteiger partial charge in [-0.2, -0.15) is 0 Å². The summed E-state index contributed by atoms with van der Waals surface area (Å²) in [4.78, 5) is 24.7. The Labute approximate surface area is 551 Å². The maximum Gasteiger partial charge on any atom is 0.306 e. The number of rotatable bonds is 75. The second-order valence-electron chi connectivity index (χ2n) is 27.1. The van der Waals surface area contributed by atoms with Crippen LogP contribution in [0.1, 0.15) is 438 Å². The Kier molecular flexibility index (Phi) is 76.7. The summed E-state index contributed by atoms with van der Waals surface area (Å²) in [7, 11) is 0. The largest absolute Gasteiger partial charge is 0.462 e. The van der Waals surface area contributed by atoms with Gasteiger partial charge in [0, 0.05) is 12.8 Å². The molecule has 88 heavy (non-hydrogen) atoms. The standard InChI is InChI=1S/C83H154O5/c1-3-5-7-9-11-13-15-17-19-21-23-25-27-29-31-33-35-37-39-40-41-42-44-46-48-50-52-54-56-58-60-62-64-66-68-70-72-74-76-78-83(86)88-81(79-84)80-87-82(85)77-75-73-71-69-67-65-63-61-59-57-55-53-51-49-47-45-43-38-36-34-32-30-28-26-24-22-20-18-16-14-12-10-8-6-4-2/h5,7,11,13,17,19,22-25,81,84H,3-4,6,8-10,12,14-16,18,20-21,26-80H2,1-2H3/b7-5-,13-11-,19-17-,24-22-,25-23-. The molecule has 0 heterocycles. The van der Waals surface area contributed by atoms with E-state index in [1.807, 2.05) is 0 Å². The van der Waals surface area contributed by atoms with Crippen molar-refractivity contribution < 1.29 is 24.2 Å². The first kappa shape index (κ1) is 85.6. The van der Waals surface area contributed by atoms with Gasteiger partial charge in [-0.25, -0.2) is 0 Å². The number of allylic oxidation sites excluding steroid dienone is 10. The van der Waals surface area contributed by atoms with Crippen LogP contribution in [0.3, 0.4) is 0 Å². The van der Waals surface area contributed by atoms with Crippen LogP contribution in [-0.2, 0) is 19.1 Å². The Hall–Kier alpha value is -2.40. The second-order valence-corrected chi connectivity index (χ2v) is 27.1. The summed E-state index contributed by atoms with van der Waals surface area (Å²) in [5, 5.41) is 9.73. The lowest BCUT2D eigenvalue weighted by Gasteiger charge is -2.15. The van der Waals surface area contributed by atoms with E-state index < -0.39 is 6.10 Å². The highest BCUT2D eigenvalue weighted by Gasteiger charge is 2.16. The molecule has 0 aromatic rings. The van der Waals surface area contributed by atoms with Crippen molar-refractivity contribution in [1.82, 2.24) is 0 Å². The van der Waals surface area contributed by atoms with Crippen molar-refractivity contribution >= 4 is 11.9 Å². The number of ether oxygens (including phenoxy) is 2. The van der Waals surface area contributed by atoms with Gasteiger partial charge >= 0.3 is 11.9 Å². The van der Waals surface area contributed by atoms with Crippen molar-refractivity contribution in [3.63, 3.8) is 0 Å². The summed E-state index contributed by atoms with van der Waals surface area (Å²) < 4.78 is 10.8. The highest BCUT2D eigenvalue weighted by Crippen LogP contribution is 2.20. The molecule has 1 atom stereocenters. The minimum Gasteiger partial charge on any atom is -0.462 e. The molecule has 0 spiro atoms. The molecule has 0 amide bonds. The zero-order valence-corrected chi connectivity index (χ0v) is 59.5. The molecule has 0 aliphatic carbocycles. The number of carbonyl (C=O) groups is 2. The Morgan fingerprint density at radius 2 is 0.489 bits per heavy atom. The van der Waals surface area contributed by atoms with Gasteiger partial charge in [0.2, 0.25) is 0 Å². The first-order chi connectivity index (χ1) is 43.6. The predicted molar refractivity (Wildman–Crippen MR) is 390 cm³/mol. The number of aliphatic hydroxyl groups excluding tert-OH is 1. The minimum absolute atomic E-state index is 0.0590. The number of unbranched alkanes of at least 4 members (excludes halogenated alkanes) is 57. The van der Waals surface area contributed by atoms with E-state index in [1.165, 1.54) is 353 Å². The lowest BCUT2D eigenvalue weighted by atomic mass is 10.0. The van der Waals surface area contributed by atoms with Gasteiger partial charge in [0.05, 0.1) is 6.61 Å². The van der Waals surface area contributed by atoms with E-state index in [1.54, 1.807) is 0 Å². The Morgan fingerprint density at radius 1 is 0.273 bits per heavy atom. The van der Waals surface area contributed by atoms with E-state index in [0.29, 0.717) is 12.8 Å². The fourth-order valence-corrected chi connectivity index (χ4v) is 12.4. The normalized spacial score (nSPS) is 12.4. The molecular formula is C83H154O5. The lowest BCUT2D eigenvalue weighted by molar-refractivity contribution is -0.161. The summed E-state index contributed by atoms with van der Waals surface area (Å²) in [5.74, 6) is -0.563. The smallest absolute Gasteiger partial charge is 0.306 e.